The first-order valence-corrected chi connectivity index (χ1v) is 11.4. The van der Waals surface area contributed by atoms with Crippen LogP contribution in [0.1, 0.15) is 18.4 Å². The minimum atomic E-state index is -0.212. The number of nitrogens with zero attached hydrogens (tertiary/aromatic N) is 3. The molecular formula is C17H23ClFN3S2. The Bertz CT molecular complexity index is 637. The highest BCUT2D eigenvalue weighted by Gasteiger charge is 2.24. The topological polar surface area (TPSA) is 18.8 Å². The van der Waals surface area contributed by atoms with E-state index in [1.807, 2.05) is 17.0 Å². The van der Waals surface area contributed by atoms with Gasteiger partial charge in [-0.05, 0) is 65.6 Å². The first kappa shape index (κ1) is 18.4. The second-order valence-corrected chi connectivity index (χ2v) is 10.4. The Morgan fingerprint density at radius 3 is 2.79 bits per heavy atom. The number of likely N-dealkylation sites (tertiary alicyclic amines) is 1. The molecule has 1 aromatic rings. The van der Waals surface area contributed by atoms with Gasteiger partial charge in [0.1, 0.15) is 5.82 Å². The molecule has 2 aliphatic heterocycles. The van der Waals surface area contributed by atoms with E-state index in [0.717, 1.165) is 32.5 Å². The van der Waals surface area contributed by atoms with Gasteiger partial charge in [0.2, 0.25) is 0 Å². The first-order chi connectivity index (χ1) is 11.5. The van der Waals surface area contributed by atoms with E-state index < -0.39 is 0 Å². The van der Waals surface area contributed by atoms with Gasteiger partial charge in [-0.1, -0.05) is 17.7 Å². The van der Waals surface area contributed by atoms with E-state index in [9.17, 15) is 4.39 Å². The molecule has 24 heavy (non-hydrogen) atoms. The van der Waals surface area contributed by atoms with Gasteiger partial charge in [-0.15, -0.1) is 0 Å². The van der Waals surface area contributed by atoms with Gasteiger partial charge in [-0.3, -0.25) is 9.80 Å². The zero-order valence-electron chi connectivity index (χ0n) is 14.0. The molecule has 0 radical (unpaired) electrons. The Morgan fingerprint density at radius 1 is 1.42 bits per heavy atom. The summed E-state index contributed by atoms with van der Waals surface area (Å²) in [7, 11) is 4.07. The van der Waals surface area contributed by atoms with Gasteiger partial charge in [0, 0.05) is 47.1 Å². The fourth-order valence-corrected chi connectivity index (χ4v) is 5.92. The highest BCUT2D eigenvalue weighted by atomic mass is 35.5. The van der Waals surface area contributed by atoms with Crippen LogP contribution in [0.3, 0.4) is 0 Å². The Kier molecular flexibility index (Phi) is 6.38. The molecule has 1 unspecified atom stereocenters. The normalized spacial score (nSPS) is 22.7. The van der Waals surface area contributed by atoms with Gasteiger partial charge in [0.15, 0.2) is 0 Å². The molecule has 3 rings (SSSR count). The van der Waals surface area contributed by atoms with Crippen molar-refractivity contribution in [3.05, 3.63) is 45.7 Å². The zero-order valence-corrected chi connectivity index (χ0v) is 16.4. The molecule has 2 heterocycles. The molecule has 0 bridgehead atoms. The predicted molar refractivity (Wildman–Crippen MR) is 104 cm³/mol. The summed E-state index contributed by atoms with van der Waals surface area (Å²) in [6, 6.07) is 5.38. The lowest BCUT2D eigenvalue weighted by molar-refractivity contribution is 0.129. The van der Waals surface area contributed by atoms with Crippen LogP contribution in [0.2, 0.25) is 5.02 Å². The Balaban J connectivity index is 1.49. The molecule has 1 aromatic carbocycles. The molecule has 0 N–H and O–H groups in total. The van der Waals surface area contributed by atoms with Crippen molar-refractivity contribution >= 4 is 32.1 Å². The van der Waals surface area contributed by atoms with Gasteiger partial charge >= 0.3 is 0 Å². The number of halogens is 2. The fourth-order valence-electron chi connectivity index (χ4n) is 3.20. The van der Waals surface area contributed by atoms with Crippen LogP contribution in [-0.2, 0) is 16.3 Å². The van der Waals surface area contributed by atoms with Crippen LogP contribution >= 0.6 is 22.4 Å². The maximum atomic E-state index is 14.0. The van der Waals surface area contributed by atoms with E-state index in [1.165, 1.54) is 11.0 Å². The third kappa shape index (κ3) is 4.61. The maximum Gasteiger partial charge on any atom is 0.129 e. The minimum absolute atomic E-state index is 0.117. The van der Waals surface area contributed by atoms with E-state index in [-0.39, 0.29) is 15.5 Å². The van der Waals surface area contributed by atoms with E-state index in [2.05, 4.69) is 27.5 Å². The summed E-state index contributed by atoms with van der Waals surface area (Å²) in [5, 5.41) is 0.517. The molecule has 1 fully saturated rings. The lowest BCUT2D eigenvalue weighted by Crippen LogP contribution is -2.43. The quantitative estimate of drug-likeness (QED) is 0.701. The van der Waals surface area contributed by atoms with Crippen molar-refractivity contribution < 1.29 is 4.39 Å². The van der Waals surface area contributed by atoms with Crippen LogP contribution in [-0.4, -0.2) is 48.8 Å². The van der Waals surface area contributed by atoms with Crippen LogP contribution in [0, 0.1) is 5.82 Å². The van der Waals surface area contributed by atoms with Crippen molar-refractivity contribution in [3.63, 3.8) is 0 Å². The molecule has 0 aromatic heterocycles. The molecule has 0 amide bonds. The third-order valence-corrected chi connectivity index (χ3v) is 7.67. The minimum Gasteiger partial charge on any atom is -0.299 e. The SMILES string of the molecule is CN(Cc1c(F)cccc1Cl)C1CCN(CC2=CN=S(C)S2)CC1. The summed E-state index contributed by atoms with van der Waals surface area (Å²) in [6.45, 7) is 3.74. The zero-order chi connectivity index (χ0) is 17.1. The number of rotatable bonds is 5. The van der Waals surface area contributed by atoms with Crippen LogP contribution in [0.15, 0.2) is 33.7 Å². The maximum absolute atomic E-state index is 14.0. The highest BCUT2D eigenvalue weighted by molar-refractivity contribution is 8.71. The van der Waals surface area contributed by atoms with Crippen molar-refractivity contribution in [2.24, 2.45) is 4.36 Å². The predicted octanol–water partition coefficient (Wildman–Crippen LogP) is 4.31. The largest absolute Gasteiger partial charge is 0.299 e. The van der Waals surface area contributed by atoms with Crippen molar-refractivity contribution in [1.82, 2.24) is 9.80 Å². The standard InChI is InChI=1S/C17H23ClFN3S2/c1-21(12-15-16(18)4-3-5-17(15)19)13-6-8-22(9-7-13)11-14-10-20-24(2)23-14/h3-5,10,13H,6-9,11-12H2,1-2H3. The van der Waals surface area contributed by atoms with Crippen LogP contribution in [0.4, 0.5) is 4.39 Å². The number of hydrogen-bond acceptors (Lipinski definition) is 4. The molecule has 0 aliphatic carbocycles. The average Bonchev–Trinajstić information content (AvgIpc) is 2.96. The molecular weight excluding hydrogens is 365 g/mol. The van der Waals surface area contributed by atoms with Crippen molar-refractivity contribution in [2.45, 2.75) is 25.4 Å². The highest BCUT2D eigenvalue weighted by Crippen LogP contribution is 2.29. The van der Waals surface area contributed by atoms with Crippen molar-refractivity contribution in [1.29, 1.82) is 0 Å². The lowest BCUT2D eigenvalue weighted by atomic mass is 10.0. The molecule has 0 spiro atoms. The van der Waals surface area contributed by atoms with E-state index >= 15 is 0 Å². The average molecular weight is 388 g/mol. The summed E-state index contributed by atoms with van der Waals surface area (Å²) in [5.74, 6) is -0.212. The number of piperidine rings is 1. The molecule has 7 heteroatoms. The number of hydrogen-bond donors (Lipinski definition) is 0. The molecule has 1 saturated heterocycles. The van der Waals surface area contributed by atoms with Gasteiger partial charge in [-0.25, -0.2) is 8.75 Å². The third-order valence-electron chi connectivity index (χ3n) is 4.60. The fraction of sp³-hybridized carbons (Fsp3) is 0.529. The summed E-state index contributed by atoms with van der Waals surface area (Å²) in [5.41, 5.74) is 0.605. The second kappa shape index (κ2) is 8.32. The lowest BCUT2D eigenvalue weighted by Gasteiger charge is -2.37. The Morgan fingerprint density at radius 2 is 2.17 bits per heavy atom. The number of benzene rings is 1. The first-order valence-electron chi connectivity index (χ1n) is 8.12. The van der Waals surface area contributed by atoms with Crippen molar-refractivity contribution in [3.8, 4) is 0 Å². The summed E-state index contributed by atoms with van der Waals surface area (Å²) < 4.78 is 18.4. The van der Waals surface area contributed by atoms with Gasteiger partial charge in [-0.2, -0.15) is 0 Å². The monoisotopic (exact) mass is 387 g/mol. The van der Waals surface area contributed by atoms with E-state index in [0.29, 0.717) is 23.2 Å². The van der Waals surface area contributed by atoms with Crippen LogP contribution < -0.4 is 0 Å². The van der Waals surface area contributed by atoms with Gasteiger partial charge in [0.05, 0.1) is 0 Å². The summed E-state index contributed by atoms with van der Waals surface area (Å²) in [6.07, 6.45) is 6.40. The Hall–Kier alpha value is -0.400. The molecule has 1 atom stereocenters. The van der Waals surface area contributed by atoms with E-state index in [1.54, 1.807) is 12.1 Å². The summed E-state index contributed by atoms with van der Waals surface area (Å²) >= 11 is 6.15. The second-order valence-electron chi connectivity index (χ2n) is 6.33. The summed E-state index contributed by atoms with van der Waals surface area (Å²) in [4.78, 5) is 6.12. The molecule has 132 valence electrons. The molecule has 2 aliphatic rings. The van der Waals surface area contributed by atoms with E-state index in [4.69, 9.17) is 11.6 Å². The smallest absolute Gasteiger partial charge is 0.129 e. The molecule has 0 saturated carbocycles. The van der Waals surface area contributed by atoms with Gasteiger partial charge < -0.3 is 0 Å². The van der Waals surface area contributed by atoms with Crippen LogP contribution in [0.5, 0.6) is 0 Å². The van der Waals surface area contributed by atoms with Crippen LogP contribution in [0.25, 0.3) is 0 Å². The van der Waals surface area contributed by atoms with Gasteiger partial charge in [0.25, 0.3) is 0 Å². The van der Waals surface area contributed by atoms with Crippen molar-refractivity contribution in [2.75, 3.05) is 32.9 Å². The molecule has 3 nitrogen and oxygen atoms in total. The Labute approximate surface area is 154 Å².